The largest absolute Gasteiger partial charge is 0.449 e. The molecule has 7 nitrogen and oxygen atoms in total. The van der Waals surface area contributed by atoms with E-state index in [4.69, 9.17) is 4.74 Å². The number of nitrogens with zero attached hydrogens (tertiary/aromatic N) is 2. The number of imidazole rings is 1. The number of esters is 1. The molecule has 0 bridgehead atoms. The van der Waals surface area contributed by atoms with E-state index in [1.54, 1.807) is 37.5 Å². The fourth-order valence-electron chi connectivity index (χ4n) is 3.16. The topological polar surface area (TPSA) is 97.0 Å². The van der Waals surface area contributed by atoms with Crippen LogP contribution in [0.2, 0.25) is 0 Å². The van der Waals surface area contributed by atoms with Crippen LogP contribution in [0.3, 0.4) is 0 Å². The van der Waals surface area contributed by atoms with Crippen molar-refractivity contribution in [2.45, 2.75) is 26.4 Å². The van der Waals surface area contributed by atoms with E-state index in [1.807, 2.05) is 43.3 Å². The number of hydrogen-bond donors (Lipinski definition) is 2. The molecule has 7 heteroatoms. The highest BCUT2D eigenvalue weighted by molar-refractivity contribution is 5.98. The molecule has 156 valence electrons. The van der Waals surface area contributed by atoms with Crippen molar-refractivity contribution in [3.8, 4) is 11.4 Å². The van der Waals surface area contributed by atoms with Gasteiger partial charge in [0.1, 0.15) is 5.82 Å². The van der Waals surface area contributed by atoms with Gasteiger partial charge in [-0.2, -0.15) is 0 Å². The van der Waals surface area contributed by atoms with Crippen LogP contribution >= 0.6 is 0 Å². The average molecular weight is 414 g/mol. The molecule has 2 N–H and O–H groups in total. The second-order valence-electron chi connectivity index (χ2n) is 7.22. The van der Waals surface area contributed by atoms with Crippen LogP contribution < -0.4 is 5.32 Å². The lowest BCUT2D eigenvalue weighted by Gasteiger charge is -2.16. The van der Waals surface area contributed by atoms with Gasteiger partial charge in [0, 0.05) is 23.6 Å². The Morgan fingerprint density at radius 1 is 1.13 bits per heavy atom. The molecule has 0 aliphatic carbocycles. The van der Waals surface area contributed by atoms with Crippen molar-refractivity contribution in [1.82, 2.24) is 15.0 Å². The van der Waals surface area contributed by atoms with Crippen LogP contribution in [-0.4, -0.2) is 32.9 Å². The Kier molecular flexibility index (Phi) is 5.75. The first kappa shape index (κ1) is 20.3. The lowest BCUT2D eigenvalue weighted by atomic mass is 10.2. The molecule has 4 aromatic rings. The highest BCUT2D eigenvalue weighted by Crippen LogP contribution is 2.21. The Bertz CT molecular complexity index is 1220. The van der Waals surface area contributed by atoms with Crippen LogP contribution in [0.5, 0.6) is 0 Å². The minimum atomic E-state index is -0.891. The van der Waals surface area contributed by atoms with Gasteiger partial charge in [-0.25, -0.2) is 9.78 Å². The summed E-state index contributed by atoms with van der Waals surface area (Å²) in [6.45, 7) is 3.77. The molecule has 2 aromatic heterocycles. The molecular weight excluding hydrogens is 392 g/mol. The number of anilines is 1. The maximum Gasteiger partial charge on any atom is 0.338 e. The van der Waals surface area contributed by atoms with Gasteiger partial charge in [-0.3, -0.25) is 9.78 Å². The molecule has 1 unspecified atom stereocenters. The van der Waals surface area contributed by atoms with Crippen molar-refractivity contribution >= 4 is 28.6 Å². The summed E-state index contributed by atoms with van der Waals surface area (Å²) in [7, 11) is 0. The summed E-state index contributed by atoms with van der Waals surface area (Å²) in [6, 6.07) is 16.2. The SMILES string of the molecule is CCC(OC(=O)c1ccc2nc(-c3cccnc3)[nH]c2c1)C(=O)Nc1ccc(C)cc1. The highest BCUT2D eigenvalue weighted by Gasteiger charge is 2.22. The molecule has 0 fully saturated rings. The fourth-order valence-corrected chi connectivity index (χ4v) is 3.16. The third-order valence-electron chi connectivity index (χ3n) is 4.88. The summed E-state index contributed by atoms with van der Waals surface area (Å²) in [5.74, 6) is -0.260. The van der Waals surface area contributed by atoms with E-state index in [1.165, 1.54) is 0 Å². The molecule has 4 rings (SSSR count). The third-order valence-corrected chi connectivity index (χ3v) is 4.88. The number of amides is 1. The summed E-state index contributed by atoms with van der Waals surface area (Å²) in [5, 5.41) is 2.79. The Morgan fingerprint density at radius 3 is 2.65 bits per heavy atom. The molecule has 0 saturated carbocycles. The van der Waals surface area contributed by atoms with Gasteiger partial charge in [0.2, 0.25) is 0 Å². The van der Waals surface area contributed by atoms with E-state index in [-0.39, 0.29) is 5.91 Å². The normalized spacial score (nSPS) is 11.8. The quantitative estimate of drug-likeness (QED) is 0.453. The van der Waals surface area contributed by atoms with Gasteiger partial charge in [0.05, 0.1) is 16.6 Å². The van der Waals surface area contributed by atoms with Crippen LogP contribution in [0.25, 0.3) is 22.4 Å². The van der Waals surface area contributed by atoms with E-state index in [0.29, 0.717) is 29.0 Å². The molecule has 0 radical (unpaired) electrons. The molecule has 1 atom stereocenters. The number of fused-ring (bicyclic) bond motifs is 1. The summed E-state index contributed by atoms with van der Waals surface area (Å²) >= 11 is 0. The number of ether oxygens (including phenoxy) is 1. The van der Waals surface area contributed by atoms with Crippen molar-refractivity contribution in [3.05, 3.63) is 78.1 Å². The van der Waals surface area contributed by atoms with Crippen molar-refractivity contribution in [2.24, 2.45) is 0 Å². The number of H-pyrrole nitrogens is 1. The number of benzene rings is 2. The van der Waals surface area contributed by atoms with E-state index < -0.39 is 12.1 Å². The van der Waals surface area contributed by atoms with Gasteiger partial charge in [-0.05, 0) is 55.8 Å². The van der Waals surface area contributed by atoms with Crippen molar-refractivity contribution in [3.63, 3.8) is 0 Å². The summed E-state index contributed by atoms with van der Waals surface area (Å²) in [6.07, 6.45) is 2.88. The first-order valence-corrected chi connectivity index (χ1v) is 10.0. The molecule has 0 saturated heterocycles. The molecule has 0 aliphatic heterocycles. The smallest absolute Gasteiger partial charge is 0.338 e. The number of carbonyl (C=O) groups is 2. The monoisotopic (exact) mass is 414 g/mol. The second-order valence-corrected chi connectivity index (χ2v) is 7.22. The third kappa shape index (κ3) is 4.61. The van der Waals surface area contributed by atoms with Crippen LogP contribution in [0.15, 0.2) is 67.0 Å². The van der Waals surface area contributed by atoms with E-state index >= 15 is 0 Å². The Labute approximate surface area is 179 Å². The second kappa shape index (κ2) is 8.79. The number of aromatic amines is 1. The summed E-state index contributed by atoms with van der Waals surface area (Å²) < 4.78 is 5.49. The van der Waals surface area contributed by atoms with E-state index in [0.717, 1.165) is 16.6 Å². The minimum Gasteiger partial charge on any atom is -0.449 e. The van der Waals surface area contributed by atoms with E-state index in [9.17, 15) is 9.59 Å². The van der Waals surface area contributed by atoms with Gasteiger partial charge in [-0.1, -0.05) is 24.6 Å². The predicted molar refractivity (Wildman–Crippen MR) is 119 cm³/mol. The zero-order valence-corrected chi connectivity index (χ0v) is 17.3. The predicted octanol–water partition coefficient (Wildman–Crippen LogP) is 4.51. The number of carbonyl (C=O) groups excluding carboxylic acids is 2. The Balaban J connectivity index is 1.48. The number of hydrogen-bond acceptors (Lipinski definition) is 5. The first-order chi connectivity index (χ1) is 15.0. The van der Waals surface area contributed by atoms with Gasteiger partial charge in [0.25, 0.3) is 5.91 Å². The van der Waals surface area contributed by atoms with Gasteiger partial charge in [0.15, 0.2) is 6.10 Å². The Hall–Kier alpha value is -4.00. The molecule has 2 heterocycles. The zero-order valence-electron chi connectivity index (χ0n) is 17.3. The maximum absolute atomic E-state index is 12.7. The molecule has 1 amide bonds. The van der Waals surface area contributed by atoms with E-state index in [2.05, 4.69) is 20.3 Å². The van der Waals surface area contributed by atoms with Gasteiger partial charge in [-0.15, -0.1) is 0 Å². The number of pyridine rings is 1. The zero-order chi connectivity index (χ0) is 21.8. The van der Waals surface area contributed by atoms with Crippen LogP contribution in [0, 0.1) is 6.92 Å². The van der Waals surface area contributed by atoms with Crippen LogP contribution in [-0.2, 0) is 9.53 Å². The maximum atomic E-state index is 12.7. The average Bonchev–Trinajstić information content (AvgIpc) is 3.23. The van der Waals surface area contributed by atoms with Crippen molar-refractivity contribution in [2.75, 3.05) is 5.32 Å². The Morgan fingerprint density at radius 2 is 1.94 bits per heavy atom. The van der Waals surface area contributed by atoms with Gasteiger partial charge < -0.3 is 15.0 Å². The number of nitrogens with one attached hydrogen (secondary N) is 2. The number of aryl methyl sites for hydroxylation is 1. The standard InChI is InChI=1S/C24H22N4O3/c1-3-21(23(29)26-18-9-6-15(2)7-10-18)31-24(30)16-8-11-19-20(13-16)28-22(27-19)17-5-4-12-25-14-17/h4-14,21H,3H2,1-2H3,(H,26,29)(H,27,28). The lowest BCUT2D eigenvalue weighted by molar-refractivity contribution is -0.124. The number of aromatic nitrogens is 3. The molecule has 0 aliphatic rings. The number of rotatable bonds is 6. The highest BCUT2D eigenvalue weighted by atomic mass is 16.5. The summed E-state index contributed by atoms with van der Waals surface area (Å²) in [5.41, 5.74) is 4.37. The molecule has 2 aromatic carbocycles. The fraction of sp³-hybridized carbons (Fsp3) is 0.167. The first-order valence-electron chi connectivity index (χ1n) is 10.0. The summed E-state index contributed by atoms with van der Waals surface area (Å²) in [4.78, 5) is 37.1. The van der Waals surface area contributed by atoms with Gasteiger partial charge >= 0.3 is 5.97 Å². The van der Waals surface area contributed by atoms with Crippen LogP contribution in [0.4, 0.5) is 5.69 Å². The molecular formula is C24H22N4O3. The van der Waals surface area contributed by atoms with Crippen molar-refractivity contribution in [1.29, 1.82) is 0 Å². The van der Waals surface area contributed by atoms with Crippen LogP contribution in [0.1, 0.15) is 29.3 Å². The molecule has 0 spiro atoms. The van der Waals surface area contributed by atoms with Crippen molar-refractivity contribution < 1.29 is 14.3 Å². The molecule has 31 heavy (non-hydrogen) atoms. The lowest BCUT2D eigenvalue weighted by Crippen LogP contribution is -2.32. The minimum absolute atomic E-state index is 0.343.